The molecule has 4 heteroatoms. The standard InChI is InChI=1S/C14H20O3S/c1-10-5-6-13(7-11(10)2)9-18(16)12(3)8-14(15)17-4/h5-7,12H,8-9H2,1-4H3. The third-order valence-electron chi connectivity index (χ3n) is 3.01. The van der Waals surface area contributed by atoms with E-state index in [9.17, 15) is 9.00 Å². The highest BCUT2D eigenvalue weighted by Crippen LogP contribution is 2.14. The highest BCUT2D eigenvalue weighted by molar-refractivity contribution is 7.84. The maximum atomic E-state index is 12.1. The smallest absolute Gasteiger partial charge is 0.306 e. The quantitative estimate of drug-likeness (QED) is 0.771. The number of esters is 1. The summed E-state index contributed by atoms with van der Waals surface area (Å²) in [6.07, 6.45) is 0.202. The lowest BCUT2D eigenvalue weighted by Gasteiger charge is -2.11. The van der Waals surface area contributed by atoms with Gasteiger partial charge in [0.05, 0.1) is 13.5 Å². The van der Waals surface area contributed by atoms with Gasteiger partial charge in [-0.3, -0.25) is 9.00 Å². The molecule has 0 amide bonds. The third-order valence-corrected chi connectivity index (χ3v) is 4.69. The van der Waals surface area contributed by atoms with Crippen LogP contribution in [0, 0.1) is 13.8 Å². The first-order valence-corrected chi connectivity index (χ1v) is 7.32. The Hall–Kier alpha value is -1.16. The second-order valence-electron chi connectivity index (χ2n) is 4.53. The molecule has 100 valence electrons. The van der Waals surface area contributed by atoms with Crippen LogP contribution < -0.4 is 0 Å². The zero-order chi connectivity index (χ0) is 13.7. The highest BCUT2D eigenvalue weighted by atomic mass is 32.2. The fourth-order valence-electron chi connectivity index (χ4n) is 1.61. The molecule has 0 spiro atoms. The Labute approximate surface area is 111 Å². The molecule has 0 N–H and O–H groups in total. The van der Waals surface area contributed by atoms with Crippen LogP contribution in [0.2, 0.25) is 0 Å². The minimum absolute atomic E-state index is 0.181. The fourth-order valence-corrected chi connectivity index (χ4v) is 2.73. The van der Waals surface area contributed by atoms with Crippen molar-refractivity contribution in [2.45, 2.75) is 38.2 Å². The first kappa shape index (κ1) is 14.9. The maximum Gasteiger partial charge on any atom is 0.306 e. The summed E-state index contributed by atoms with van der Waals surface area (Å²) in [5.74, 6) is 0.176. The van der Waals surface area contributed by atoms with E-state index >= 15 is 0 Å². The molecule has 1 aromatic carbocycles. The molecule has 2 unspecified atom stereocenters. The van der Waals surface area contributed by atoms with Gasteiger partial charge in [-0.15, -0.1) is 0 Å². The van der Waals surface area contributed by atoms with Gasteiger partial charge >= 0.3 is 5.97 Å². The van der Waals surface area contributed by atoms with Gasteiger partial charge in [0, 0.05) is 21.8 Å². The molecule has 0 aliphatic rings. The summed E-state index contributed by atoms with van der Waals surface area (Å²) in [6, 6.07) is 6.08. The molecule has 0 heterocycles. The first-order chi connectivity index (χ1) is 8.43. The van der Waals surface area contributed by atoms with Crippen LogP contribution in [0.15, 0.2) is 18.2 Å². The van der Waals surface area contributed by atoms with Gasteiger partial charge in [-0.05, 0) is 30.5 Å². The van der Waals surface area contributed by atoms with E-state index < -0.39 is 10.8 Å². The van der Waals surface area contributed by atoms with Gasteiger partial charge in [0.1, 0.15) is 0 Å². The van der Waals surface area contributed by atoms with E-state index in [0.717, 1.165) is 5.56 Å². The third kappa shape index (κ3) is 4.26. The number of hydrogen-bond donors (Lipinski definition) is 0. The largest absolute Gasteiger partial charge is 0.469 e. The molecule has 0 saturated heterocycles. The highest BCUT2D eigenvalue weighted by Gasteiger charge is 2.16. The van der Waals surface area contributed by atoms with Gasteiger partial charge < -0.3 is 4.74 Å². The number of rotatable bonds is 5. The van der Waals surface area contributed by atoms with Gasteiger partial charge in [0.25, 0.3) is 0 Å². The summed E-state index contributed by atoms with van der Waals surface area (Å²) in [4.78, 5) is 11.1. The number of hydrogen-bond acceptors (Lipinski definition) is 3. The van der Waals surface area contributed by atoms with Crippen LogP contribution in [0.5, 0.6) is 0 Å². The first-order valence-electron chi connectivity index (χ1n) is 5.94. The summed E-state index contributed by atoms with van der Waals surface area (Å²) in [7, 11) is 0.295. The number of aryl methyl sites for hydroxylation is 2. The Balaban J connectivity index is 2.63. The molecule has 0 radical (unpaired) electrons. The van der Waals surface area contributed by atoms with Crippen LogP contribution >= 0.6 is 0 Å². The summed E-state index contributed by atoms with van der Waals surface area (Å²) in [5, 5.41) is -0.181. The van der Waals surface area contributed by atoms with Crippen molar-refractivity contribution in [3.63, 3.8) is 0 Å². The normalized spacial score (nSPS) is 14.0. The molecule has 0 aliphatic heterocycles. The van der Waals surface area contributed by atoms with Crippen LogP contribution in [0.1, 0.15) is 30.0 Å². The Bertz CT molecular complexity index is 454. The summed E-state index contributed by atoms with van der Waals surface area (Å²) >= 11 is 0. The SMILES string of the molecule is COC(=O)CC(C)S(=O)Cc1ccc(C)c(C)c1. The zero-order valence-electron chi connectivity index (χ0n) is 11.4. The van der Waals surface area contributed by atoms with Crippen LogP contribution in [-0.4, -0.2) is 22.5 Å². The van der Waals surface area contributed by atoms with E-state index in [-0.39, 0.29) is 17.6 Å². The van der Waals surface area contributed by atoms with Crippen LogP contribution in [0.4, 0.5) is 0 Å². The predicted molar refractivity (Wildman–Crippen MR) is 73.9 cm³/mol. The van der Waals surface area contributed by atoms with Gasteiger partial charge in [0.2, 0.25) is 0 Å². The van der Waals surface area contributed by atoms with Crippen LogP contribution in [0.3, 0.4) is 0 Å². The van der Waals surface area contributed by atoms with Crippen LogP contribution in [0.25, 0.3) is 0 Å². The maximum absolute atomic E-state index is 12.1. The predicted octanol–water partition coefficient (Wildman–Crippen LogP) is 2.50. The van der Waals surface area contributed by atoms with E-state index in [1.54, 1.807) is 0 Å². The molecule has 1 aromatic rings. The molecule has 0 aromatic heterocycles. The Morgan fingerprint density at radius 1 is 1.33 bits per heavy atom. The van der Waals surface area contributed by atoms with Gasteiger partial charge in [-0.2, -0.15) is 0 Å². The number of benzene rings is 1. The van der Waals surface area contributed by atoms with E-state index in [2.05, 4.69) is 17.7 Å². The Morgan fingerprint density at radius 3 is 2.56 bits per heavy atom. The molecular weight excluding hydrogens is 248 g/mol. The van der Waals surface area contributed by atoms with Gasteiger partial charge in [0.15, 0.2) is 0 Å². The minimum Gasteiger partial charge on any atom is -0.469 e. The average Bonchev–Trinajstić information content (AvgIpc) is 2.33. The number of ether oxygens (including phenoxy) is 1. The second-order valence-corrected chi connectivity index (χ2v) is 6.39. The monoisotopic (exact) mass is 268 g/mol. The molecule has 0 bridgehead atoms. The zero-order valence-corrected chi connectivity index (χ0v) is 12.2. The lowest BCUT2D eigenvalue weighted by Crippen LogP contribution is -2.18. The Morgan fingerprint density at radius 2 is 2.00 bits per heavy atom. The van der Waals surface area contributed by atoms with Crippen molar-refractivity contribution in [3.05, 3.63) is 34.9 Å². The number of carbonyl (C=O) groups is 1. The van der Waals surface area contributed by atoms with Crippen molar-refractivity contribution in [1.82, 2.24) is 0 Å². The number of methoxy groups -OCH3 is 1. The average molecular weight is 268 g/mol. The van der Waals surface area contributed by atoms with E-state index in [1.165, 1.54) is 18.2 Å². The molecular formula is C14H20O3S. The van der Waals surface area contributed by atoms with Crippen molar-refractivity contribution < 1.29 is 13.7 Å². The number of carbonyl (C=O) groups excluding carboxylic acids is 1. The molecule has 0 aliphatic carbocycles. The lowest BCUT2D eigenvalue weighted by atomic mass is 10.1. The molecule has 18 heavy (non-hydrogen) atoms. The van der Waals surface area contributed by atoms with Crippen molar-refractivity contribution in [2.24, 2.45) is 0 Å². The molecule has 1 rings (SSSR count). The Kier molecular flexibility index (Phi) is 5.54. The van der Waals surface area contributed by atoms with Crippen molar-refractivity contribution >= 4 is 16.8 Å². The van der Waals surface area contributed by atoms with Crippen molar-refractivity contribution in [1.29, 1.82) is 0 Å². The second kappa shape index (κ2) is 6.69. The minimum atomic E-state index is -1.05. The van der Waals surface area contributed by atoms with E-state index in [4.69, 9.17) is 0 Å². The van der Waals surface area contributed by atoms with Crippen molar-refractivity contribution in [3.8, 4) is 0 Å². The van der Waals surface area contributed by atoms with Crippen LogP contribution in [-0.2, 0) is 26.1 Å². The summed E-state index contributed by atoms with van der Waals surface area (Å²) in [5.41, 5.74) is 3.48. The molecule has 0 fully saturated rings. The fraction of sp³-hybridized carbons (Fsp3) is 0.500. The summed E-state index contributed by atoms with van der Waals surface area (Å²) in [6.45, 7) is 5.91. The molecule has 2 atom stereocenters. The summed E-state index contributed by atoms with van der Waals surface area (Å²) < 4.78 is 16.6. The lowest BCUT2D eigenvalue weighted by molar-refractivity contribution is -0.140. The topological polar surface area (TPSA) is 43.4 Å². The molecule has 3 nitrogen and oxygen atoms in total. The van der Waals surface area contributed by atoms with Gasteiger partial charge in [-0.25, -0.2) is 0 Å². The van der Waals surface area contributed by atoms with Crippen molar-refractivity contribution in [2.75, 3.05) is 7.11 Å². The van der Waals surface area contributed by atoms with Gasteiger partial charge in [-0.1, -0.05) is 25.1 Å². The molecule has 0 saturated carbocycles. The van der Waals surface area contributed by atoms with E-state index in [0.29, 0.717) is 5.75 Å². The van der Waals surface area contributed by atoms with E-state index in [1.807, 2.05) is 26.0 Å².